The minimum Gasteiger partial charge on any atom is -0.364 e. The van der Waals surface area contributed by atoms with Crippen LogP contribution < -0.4 is 16.4 Å². The van der Waals surface area contributed by atoms with E-state index in [-0.39, 0.29) is 22.4 Å². The molecule has 4 N–H and O–H groups in total. The van der Waals surface area contributed by atoms with Crippen molar-refractivity contribution in [2.75, 3.05) is 16.9 Å². The first kappa shape index (κ1) is 25.0. The Labute approximate surface area is 220 Å². The summed E-state index contributed by atoms with van der Waals surface area (Å²) in [4.78, 5) is 30.3. The standard InChI is InChI=1S/C24H20N8O4S2/c1-38(35,36)24-29-31-32(30-24)13-14-6-8-16(9-7-14)21(34)28-22-19(20(25)33)27-23(37-22)26-18-11-10-15-4-2-3-5-17(15)12-18/h2-12H,13H2,1H3,(H2,25,33)(H,26,27)(H,28,34). The summed E-state index contributed by atoms with van der Waals surface area (Å²) in [6.45, 7) is 0.162. The van der Waals surface area contributed by atoms with Crippen molar-refractivity contribution in [2.24, 2.45) is 5.73 Å². The zero-order valence-corrected chi connectivity index (χ0v) is 21.5. The molecule has 2 amide bonds. The molecule has 3 aromatic carbocycles. The van der Waals surface area contributed by atoms with Crippen LogP contribution in [-0.2, 0) is 16.4 Å². The lowest BCUT2D eigenvalue weighted by atomic mass is 10.1. The zero-order chi connectivity index (χ0) is 26.9. The fourth-order valence-electron chi connectivity index (χ4n) is 3.56. The Morgan fingerprint density at radius 2 is 1.76 bits per heavy atom. The lowest BCUT2D eigenvalue weighted by Crippen LogP contribution is -2.17. The highest BCUT2D eigenvalue weighted by Gasteiger charge is 2.19. The first-order valence-electron chi connectivity index (χ1n) is 11.1. The summed E-state index contributed by atoms with van der Waals surface area (Å²) in [5.74, 6) is -1.23. The maximum atomic E-state index is 12.9. The molecule has 14 heteroatoms. The Hall–Kier alpha value is -4.69. The number of fused-ring (bicyclic) bond motifs is 1. The Balaban J connectivity index is 1.29. The van der Waals surface area contributed by atoms with Crippen molar-refractivity contribution < 1.29 is 18.0 Å². The molecular weight excluding hydrogens is 528 g/mol. The van der Waals surface area contributed by atoms with Gasteiger partial charge in [-0.1, -0.05) is 58.9 Å². The molecule has 2 heterocycles. The molecule has 5 rings (SSSR count). The third-order valence-corrected chi connectivity index (χ3v) is 7.11. The summed E-state index contributed by atoms with van der Waals surface area (Å²) in [7, 11) is -3.56. The van der Waals surface area contributed by atoms with Crippen molar-refractivity contribution in [3.05, 3.63) is 83.6 Å². The van der Waals surface area contributed by atoms with Gasteiger partial charge in [-0.15, -0.1) is 5.10 Å². The van der Waals surface area contributed by atoms with E-state index in [1.807, 2.05) is 42.5 Å². The molecule has 192 valence electrons. The summed E-state index contributed by atoms with van der Waals surface area (Å²) < 4.78 is 23.0. The Bertz CT molecular complexity index is 1780. The van der Waals surface area contributed by atoms with Crippen LogP contribution in [0.5, 0.6) is 0 Å². The van der Waals surface area contributed by atoms with E-state index in [0.29, 0.717) is 10.7 Å². The van der Waals surface area contributed by atoms with E-state index in [4.69, 9.17) is 5.73 Å². The number of thiazole rings is 1. The molecule has 2 aromatic heterocycles. The maximum Gasteiger partial charge on any atom is 0.288 e. The van der Waals surface area contributed by atoms with Crippen LogP contribution in [0.25, 0.3) is 10.8 Å². The number of hydrogen-bond acceptors (Lipinski definition) is 10. The van der Waals surface area contributed by atoms with Gasteiger partial charge in [-0.3, -0.25) is 9.59 Å². The van der Waals surface area contributed by atoms with E-state index in [0.717, 1.165) is 44.4 Å². The van der Waals surface area contributed by atoms with Gasteiger partial charge >= 0.3 is 0 Å². The predicted molar refractivity (Wildman–Crippen MR) is 142 cm³/mol. The second-order valence-electron chi connectivity index (χ2n) is 8.27. The molecule has 0 spiro atoms. The molecule has 5 aromatic rings. The number of sulfone groups is 1. The van der Waals surface area contributed by atoms with Crippen LogP contribution in [0.2, 0.25) is 0 Å². The first-order valence-corrected chi connectivity index (χ1v) is 13.8. The van der Waals surface area contributed by atoms with Gasteiger partial charge in [0.05, 0.1) is 6.54 Å². The van der Waals surface area contributed by atoms with Crippen LogP contribution in [0.4, 0.5) is 15.8 Å². The lowest BCUT2D eigenvalue weighted by molar-refractivity contribution is 0.0997. The number of anilines is 3. The number of amides is 2. The number of carbonyl (C=O) groups is 2. The highest BCUT2D eigenvalue weighted by Crippen LogP contribution is 2.32. The summed E-state index contributed by atoms with van der Waals surface area (Å²) in [5, 5.41) is 19.3. The van der Waals surface area contributed by atoms with Crippen LogP contribution in [0, 0.1) is 0 Å². The van der Waals surface area contributed by atoms with Gasteiger partial charge in [0, 0.05) is 17.5 Å². The van der Waals surface area contributed by atoms with Gasteiger partial charge in [-0.25, -0.2) is 13.4 Å². The van der Waals surface area contributed by atoms with Gasteiger partial charge in [0.1, 0.15) is 5.00 Å². The van der Waals surface area contributed by atoms with Crippen LogP contribution in [0.1, 0.15) is 26.4 Å². The normalized spacial score (nSPS) is 11.4. The van der Waals surface area contributed by atoms with E-state index in [1.165, 1.54) is 0 Å². The number of rotatable bonds is 8. The van der Waals surface area contributed by atoms with Crippen LogP contribution >= 0.6 is 11.3 Å². The molecule has 0 fully saturated rings. The topological polar surface area (TPSA) is 175 Å². The molecule has 38 heavy (non-hydrogen) atoms. The Kier molecular flexibility index (Phi) is 6.57. The maximum absolute atomic E-state index is 12.9. The SMILES string of the molecule is CS(=O)(=O)c1nnn(Cc2ccc(C(=O)Nc3sc(Nc4ccc5ccccc5c4)nc3C(N)=O)cc2)n1. The Morgan fingerprint density at radius 1 is 1.03 bits per heavy atom. The average molecular weight is 549 g/mol. The molecule has 0 saturated heterocycles. The molecule has 0 aliphatic heterocycles. The Morgan fingerprint density at radius 3 is 2.45 bits per heavy atom. The van der Waals surface area contributed by atoms with Gasteiger partial charge in [-0.05, 0) is 45.8 Å². The lowest BCUT2D eigenvalue weighted by Gasteiger charge is -2.05. The van der Waals surface area contributed by atoms with Gasteiger partial charge in [-0.2, -0.15) is 4.80 Å². The monoisotopic (exact) mass is 548 g/mol. The van der Waals surface area contributed by atoms with Gasteiger partial charge in [0.25, 0.3) is 17.0 Å². The molecule has 0 unspecified atom stereocenters. The van der Waals surface area contributed by atoms with Crippen molar-refractivity contribution in [1.29, 1.82) is 0 Å². The summed E-state index contributed by atoms with van der Waals surface area (Å²) >= 11 is 1.09. The van der Waals surface area contributed by atoms with E-state index in [1.54, 1.807) is 24.3 Å². The molecule has 12 nitrogen and oxygen atoms in total. The zero-order valence-electron chi connectivity index (χ0n) is 19.8. The number of hydrogen-bond donors (Lipinski definition) is 3. The van der Waals surface area contributed by atoms with Crippen LogP contribution in [-0.4, -0.2) is 51.7 Å². The largest absolute Gasteiger partial charge is 0.364 e. The quantitative estimate of drug-likeness (QED) is 0.263. The molecule has 0 saturated carbocycles. The third-order valence-electron chi connectivity index (χ3n) is 5.39. The highest BCUT2D eigenvalue weighted by atomic mass is 32.2. The van der Waals surface area contributed by atoms with E-state index in [2.05, 4.69) is 31.0 Å². The minimum atomic E-state index is -3.56. The molecular formula is C24H20N8O4S2. The highest BCUT2D eigenvalue weighted by molar-refractivity contribution is 7.90. The first-order chi connectivity index (χ1) is 18.2. The summed E-state index contributed by atoms with van der Waals surface area (Å²) in [6.07, 6.45) is 0.997. The van der Waals surface area contributed by atoms with Crippen molar-refractivity contribution >= 4 is 59.6 Å². The van der Waals surface area contributed by atoms with Gasteiger partial charge in [0.15, 0.2) is 10.8 Å². The van der Waals surface area contributed by atoms with Gasteiger partial charge in [0.2, 0.25) is 9.84 Å². The second kappa shape index (κ2) is 9.99. The third kappa shape index (κ3) is 5.50. The number of nitrogens with two attached hydrogens (primary N) is 1. The number of tetrazole rings is 1. The minimum absolute atomic E-state index is 0.0535. The molecule has 0 aliphatic rings. The molecule has 0 atom stereocenters. The van der Waals surface area contributed by atoms with Crippen molar-refractivity contribution in [1.82, 2.24) is 25.2 Å². The van der Waals surface area contributed by atoms with E-state index < -0.39 is 21.7 Å². The second-order valence-corrected chi connectivity index (χ2v) is 11.2. The van der Waals surface area contributed by atoms with Gasteiger partial charge < -0.3 is 16.4 Å². The van der Waals surface area contributed by atoms with Crippen molar-refractivity contribution in [3.63, 3.8) is 0 Å². The fourth-order valence-corrected chi connectivity index (χ4v) is 4.87. The number of nitrogens with zero attached hydrogens (tertiary/aromatic N) is 5. The number of primary amides is 1. The smallest absolute Gasteiger partial charge is 0.288 e. The van der Waals surface area contributed by atoms with E-state index in [9.17, 15) is 18.0 Å². The molecule has 0 aliphatic carbocycles. The summed E-state index contributed by atoms with van der Waals surface area (Å²) in [5.41, 5.74) is 7.26. The molecule has 0 bridgehead atoms. The van der Waals surface area contributed by atoms with Crippen molar-refractivity contribution in [3.8, 4) is 0 Å². The number of aromatic nitrogens is 5. The molecule has 0 radical (unpaired) electrons. The number of benzene rings is 3. The fraction of sp³-hybridized carbons (Fsp3) is 0.0833. The average Bonchev–Trinajstić information content (AvgIpc) is 3.51. The number of carbonyl (C=O) groups excluding carboxylic acids is 2. The van der Waals surface area contributed by atoms with Crippen LogP contribution in [0.15, 0.2) is 71.9 Å². The summed E-state index contributed by atoms with van der Waals surface area (Å²) in [6, 6.07) is 20.2. The predicted octanol–water partition coefficient (Wildman–Crippen LogP) is 2.83. The van der Waals surface area contributed by atoms with E-state index >= 15 is 0 Å². The van der Waals surface area contributed by atoms with Crippen molar-refractivity contribution in [2.45, 2.75) is 11.7 Å². The van der Waals surface area contributed by atoms with Crippen LogP contribution in [0.3, 0.4) is 0 Å². The number of nitrogens with one attached hydrogen (secondary N) is 2.